The molecular formula is C13H23N3O. The van der Waals surface area contributed by atoms with Crippen molar-refractivity contribution >= 4 is 5.82 Å². The van der Waals surface area contributed by atoms with Gasteiger partial charge in [-0.15, -0.1) is 0 Å². The maximum atomic E-state index is 6.27. The molecule has 0 atom stereocenters. The molecule has 0 radical (unpaired) electrons. The molecule has 0 spiro atoms. The van der Waals surface area contributed by atoms with E-state index < -0.39 is 0 Å². The van der Waals surface area contributed by atoms with E-state index in [-0.39, 0.29) is 0 Å². The third-order valence-electron chi connectivity index (χ3n) is 3.49. The number of hydrogen-bond donors (Lipinski definition) is 1. The van der Waals surface area contributed by atoms with Crippen LogP contribution in [0.5, 0.6) is 0 Å². The summed E-state index contributed by atoms with van der Waals surface area (Å²) in [7, 11) is 0. The first kappa shape index (κ1) is 12.4. The van der Waals surface area contributed by atoms with Crippen molar-refractivity contribution in [3.05, 3.63) is 11.5 Å². The van der Waals surface area contributed by atoms with Crippen molar-refractivity contribution in [1.82, 2.24) is 9.55 Å². The predicted molar refractivity (Wildman–Crippen MR) is 69.2 cm³/mol. The van der Waals surface area contributed by atoms with E-state index in [0.29, 0.717) is 12.0 Å². The topological polar surface area (TPSA) is 53.1 Å². The summed E-state index contributed by atoms with van der Waals surface area (Å²) in [5.74, 6) is 2.46. The lowest BCUT2D eigenvalue weighted by Crippen LogP contribution is -2.16. The Labute approximate surface area is 103 Å². The largest absolute Gasteiger partial charge is 0.384 e. The SMILES string of the molecule is CCc1nc(C2CCOCC2)c(N)n1C(C)C. The van der Waals surface area contributed by atoms with Crippen molar-refractivity contribution in [2.75, 3.05) is 18.9 Å². The number of rotatable bonds is 3. The molecule has 1 aromatic rings. The number of nitrogens with two attached hydrogens (primary N) is 1. The first-order chi connectivity index (χ1) is 8.15. The van der Waals surface area contributed by atoms with Gasteiger partial charge in [-0.3, -0.25) is 0 Å². The molecule has 0 amide bonds. The summed E-state index contributed by atoms with van der Waals surface area (Å²) < 4.78 is 7.57. The monoisotopic (exact) mass is 237 g/mol. The Kier molecular flexibility index (Phi) is 3.72. The zero-order valence-corrected chi connectivity index (χ0v) is 11.1. The molecule has 2 heterocycles. The highest BCUT2D eigenvalue weighted by molar-refractivity contribution is 5.41. The van der Waals surface area contributed by atoms with Gasteiger partial charge in [-0.25, -0.2) is 4.98 Å². The second-order valence-corrected chi connectivity index (χ2v) is 5.00. The van der Waals surface area contributed by atoms with Gasteiger partial charge in [0.05, 0.1) is 5.69 Å². The van der Waals surface area contributed by atoms with Crippen molar-refractivity contribution in [2.24, 2.45) is 0 Å². The van der Waals surface area contributed by atoms with Crippen molar-refractivity contribution in [3.8, 4) is 0 Å². The fraction of sp³-hybridized carbons (Fsp3) is 0.769. The molecular weight excluding hydrogens is 214 g/mol. The van der Waals surface area contributed by atoms with Gasteiger partial charge in [0, 0.05) is 31.6 Å². The summed E-state index contributed by atoms with van der Waals surface area (Å²) in [4.78, 5) is 4.76. The summed E-state index contributed by atoms with van der Waals surface area (Å²) >= 11 is 0. The Bertz CT molecular complexity index is 378. The van der Waals surface area contributed by atoms with Crippen molar-refractivity contribution in [2.45, 2.75) is 52.0 Å². The Morgan fingerprint density at radius 2 is 2.06 bits per heavy atom. The van der Waals surface area contributed by atoms with Crippen LogP contribution in [0.4, 0.5) is 5.82 Å². The van der Waals surface area contributed by atoms with Gasteiger partial charge in [-0.05, 0) is 26.7 Å². The third-order valence-corrected chi connectivity index (χ3v) is 3.49. The number of aromatic nitrogens is 2. The van der Waals surface area contributed by atoms with E-state index in [0.717, 1.165) is 49.8 Å². The summed E-state index contributed by atoms with van der Waals surface area (Å²) in [6.45, 7) is 8.12. The number of nitrogens with zero attached hydrogens (tertiary/aromatic N) is 2. The average molecular weight is 237 g/mol. The van der Waals surface area contributed by atoms with Gasteiger partial charge in [-0.2, -0.15) is 0 Å². The van der Waals surface area contributed by atoms with Gasteiger partial charge in [0.2, 0.25) is 0 Å². The smallest absolute Gasteiger partial charge is 0.127 e. The molecule has 17 heavy (non-hydrogen) atoms. The van der Waals surface area contributed by atoms with Gasteiger partial charge in [-0.1, -0.05) is 6.92 Å². The van der Waals surface area contributed by atoms with Crippen LogP contribution < -0.4 is 5.73 Å². The molecule has 0 aliphatic carbocycles. The summed E-state index contributed by atoms with van der Waals surface area (Å²) in [6, 6.07) is 0.381. The van der Waals surface area contributed by atoms with Crippen LogP contribution in [0, 0.1) is 0 Å². The molecule has 0 aromatic carbocycles. The highest BCUT2D eigenvalue weighted by Gasteiger charge is 2.24. The molecule has 1 aliphatic heterocycles. The van der Waals surface area contributed by atoms with Gasteiger partial charge < -0.3 is 15.0 Å². The lowest BCUT2D eigenvalue weighted by atomic mass is 9.96. The minimum Gasteiger partial charge on any atom is -0.384 e. The number of hydrogen-bond acceptors (Lipinski definition) is 3. The molecule has 1 fully saturated rings. The molecule has 96 valence electrons. The lowest BCUT2D eigenvalue weighted by molar-refractivity contribution is 0.0847. The normalized spacial score (nSPS) is 17.9. The van der Waals surface area contributed by atoms with Crippen molar-refractivity contribution < 1.29 is 4.74 Å². The van der Waals surface area contributed by atoms with Gasteiger partial charge in [0.25, 0.3) is 0 Å². The predicted octanol–water partition coefficient (Wildman–Crippen LogP) is 2.50. The molecule has 0 bridgehead atoms. The molecule has 1 saturated heterocycles. The first-order valence-electron chi connectivity index (χ1n) is 6.59. The van der Waals surface area contributed by atoms with Crippen LogP contribution >= 0.6 is 0 Å². The van der Waals surface area contributed by atoms with E-state index in [4.69, 9.17) is 15.5 Å². The number of aryl methyl sites for hydroxylation is 1. The van der Waals surface area contributed by atoms with Crippen LogP contribution in [0.1, 0.15) is 57.1 Å². The highest BCUT2D eigenvalue weighted by atomic mass is 16.5. The van der Waals surface area contributed by atoms with Gasteiger partial charge >= 0.3 is 0 Å². The van der Waals surface area contributed by atoms with Crippen LogP contribution in [0.25, 0.3) is 0 Å². The second kappa shape index (κ2) is 5.08. The lowest BCUT2D eigenvalue weighted by Gasteiger charge is -2.21. The minimum atomic E-state index is 0.381. The molecule has 4 heteroatoms. The Morgan fingerprint density at radius 3 is 2.53 bits per heavy atom. The van der Waals surface area contributed by atoms with Crippen LogP contribution in [0.2, 0.25) is 0 Å². The maximum absolute atomic E-state index is 6.27. The maximum Gasteiger partial charge on any atom is 0.127 e. The molecule has 0 saturated carbocycles. The van der Waals surface area contributed by atoms with Crippen LogP contribution in [0.15, 0.2) is 0 Å². The van der Waals surface area contributed by atoms with E-state index >= 15 is 0 Å². The molecule has 4 nitrogen and oxygen atoms in total. The summed E-state index contributed by atoms with van der Waals surface area (Å²) in [5, 5.41) is 0. The minimum absolute atomic E-state index is 0.381. The summed E-state index contributed by atoms with van der Waals surface area (Å²) in [6.07, 6.45) is 3.02. The number of imidazole rings is 1. The fourth-order valence-electron chi connectivity index (χ4n) is 2.61. The Hall–Kier alpha value is -1.03. The Balaban J connectivity index is 2.34. The van der Waals surface area contributed by atoms with Crippen LogP contribution in [-0.4, -0.2) is 22.8 Å². The van der Waals surface area contributed by atoms with Crippen LogP contribution in [0.3, 0.4) is 0 Å². The fourth-order valence-corrected chi connectivity index (χ4v) is 2.61. The zero-order chi connectivity index (χ0) is 12.4. The zero-order valence-electron chi connectivity index (χ0n) is 11.1. The first-order valence-corrected chi connectivity index (χ1v) is 6.59. The summed E-state index contributed by atoms with van der Waals surface area (Å²) in [5.41, 5.74) is 7.37. The van der Waals surface area contributed by atoms with E-state index in [1.807, 2.05) is 0 Å². The average Bonchev–Trinajstić information content (AvgIpc) is 2.67. The molecule has 0 unspecified atom stereocenters. The second-order valence-electron chi connectivity index (χ2n) is 5.00. The number of ether oxygens (including phenoxy) is 1. The quantitative estimate of drug-likeness (QED) is 0.878. The van der Waals surface area contributed by atoms with E-state index in [1.54, 1.807) is 0 Å². The van der Waals surface area contributed by atoms with Crippen molar-refractivity contribution in [1.29, 1.82) is 0 Å². The van der Waals surface area contributed by atoms with Crippen molar-refractivity contribution in [3.63, 3.8) is 0 Å². The third kappa shape index (κ3) is 2.32. The Morgan fingerprint density at radius 1 is 1.41 bits per heavy atom. The van der Waals surface area contributed by atoms with E-state index in [1.165, 1.54) is 0 Å². The molecule has 1 aromatic heterocycles. The van der Waals surface area contributed by atoms with Gasteiger partial charge in [0.1, 0.15) is 11.6 Å². The molecule has 2 rings (SSSR count). The molecule has 2 N–H and O–H groups in total. The highest BCUT2D eigenvalue weighted by Crippen LogP contribution is 2.32. The standard InChI is InChI=1S/C13H23N3O/c1-4-11-15-12(10-5-7-17-8-6-10)13(14)16(11)9(2)3/h9-10H,4-8,14H2,1-3H3. The van der Waals surface area contributed by atoms with Gasteiger partial charge in [0.15, 0.2) is 0 Å². The van der Waals surface area contributed by atoms with Crippen LogP contribution in [-0.2, 0) is 11.2 Å². The van der Waals surface area contributed by atoms with E-state index in [9.17, 15) is 0 Å². The number of anilines is 1. The molecule has 1 aliphatic rings. The number of nitrogen functional groups attached to an aromatic ring is 1. The van der Waals surface area contributed by atoms with E-state index in [2.05, 4.69) is 25.3 Å².